The zero-order valence-corrected chi connectivity index (χ0v) is 16.3. The molecular weight excluding hydrogens is 384 g/mol. The summed E-state index contributed by atoms with van der Waals surface area (Å²) < 4.78 is 26.6. The summed E-state index contributed by atoms with van der Waals surface area (Å²) in [6, 6.07) is 11.6. The van der Waals surface area contributed by atoms with Gasteiger partial charge in [-0.1, -0.05) is 12.1 Å². The molecule has 150 valence electrons. The van der Waals surface area contributed by atoms with Crippen LogP contribution in [-0.2, 0) is 10.0 Å². The number of sulfonamides is 1. The van der Waals surface area contributed by atoms with Crippen LogP contribution in [-0.4, -0.2) is 38.4 Å². The topological polar surface area (TPSA) is 130 Å². The number of anilines is 1. The average Bonchev–Trinajstić information content (AvgIpc) is 2.64. The molecule has 2 rings (SSSR count). The molecule has 0 saturated carbocycles. The van der Waals surface area contributed by atoms with Crippen LogP contribution in [0.25, 0.3) is 0 Å². The van der Waals surface area contributed by atoms with E-state index in [1.807, 2.05) is 0 Å². The van der Waals surface area contributed by atoms with Crippen molar-refractivity contribution in [1.29, 1.82) is 0 Å². The zero-order chi connectivity index (χ0) is 20.7. The molecule has 3 N–H and O–H groups in total. The van der Waals surface area contributed by atoms with Gasteiger partial charge in [0.05, 0.1) is 9.82 Å². The molecule has 10 heteroatoms. The highest BCUT2D eigenvalue weighted by atomic mass is 32.2. The molecule has 0 spiro atoms. The van der Waals surface area contributed by atoms with Crippen molar-refractivity contribution in [3.8, 4) is 0 Å². The molecular formula is C18H22N4O5S. The predicted octanol–water partition coefficient (Wildman–Crippen LogP) is 2.12. The van der Waals surface area contributed by atoms with Gasteiger partial charge in [0.15, 0.2) is 0 Å². The van der Waals surface area contributed by atoms with Crippen LogP contribution < -0.4 is 15.4 Å². The van der Waals surface area contributed by atoms with Crippen LogP contribution in [0.3, 0.4) is 0 Å². The number of benzene rings is 2. The normalized spacial score (nSPS) is 11.2. The number of amides is 1. The molecule has 0 aliphatic heterocycles. The molecule has 0 fully saturated rings. The molecule has 0 atom stereocenters. The third-order valence-corrected chi connectivity index (χ3v) is 5.32. The fraction of sp³-hybridized carbons (Fsp3) is 0.278. The third-order valence-electron chi connectivity index (χ3n) is 3.64. The molecule has 0 heterocycles. The molecule has 0 aliphatic carbocycles. The average molecular weight is 406 g/mol. The lowest BCUT2D eigenvalue weighted by atomic mass is 10.2. The quantitative estimate of drug-likeness (QED) is 0.332. The highest BCUT2D eigenvalue weighted by Gasteiger charge is 2.16. The Bertz CT molecular complexity index is 943. The fourth-order valence-electron chi connectivity index (χ4n) is 2.42. The molecule has 0 radical (unpaired) electrons. The molecule has 2 aromatic rings. The second kappa shape index (κ2) is 9.29. The van der Waals surface area contributed by atoms with Crippen LogP contribution in [0.1, 0.15) is 24.2 Å². The monoisotopic (exact) mass is 406 g/mol. The Kier molecular flexibility index (Phi) is 7.07. The minimum Gasteiger partial charge on any atom is -0.378 e. The second-order valence-electron chi connectivity index (χ2n) is 6.26. The number of nitrogens with one attached hydrogen (secondary N) is 3. The van der Waals surface area contributed by atoms with Crippen molar-refractivity contribution in [3.05, 3.63) is 64.2 Å². The van der Waals surface area contributed by atoms with Crippen molar-refractivity contribution < 1.29 is 18.1 Å². The van der Waals surface area contributed by atoms with Gasteiger partial charge in [-0.2, -0.15) is 0 Å². The first-order valence-electron chi connectivity index (χ1n) is 8.58. The number of nitro benzene ring substituents is 1. The first kappa shape index (κ1) is 21.3. The first-order valence-corrected chi connectivity index (χ1v) is 10.1. The Labute approximate surface area is 163 Å². The van der Waals surface area contributed by atoms with Gasteiger partial charge in [-0.05, 0) is 44.2 Å². The van der Waals surface area contributed by atoms with E-state index in [2.05, 4.69) is 15.4 Å². The Hall–Kier alpha value is -2.98. The van der Waals surface area contributed by atoms with Crippen molar-refractivity contribution in [2.75, 3.05) is 18.4 Å². The lowest BCUT2D eigenvalue weighted by Gasteiger charge is -2.10. The van der Waals surface area contributed by atoms with E-state index < -0.39 is 14.9 Å². The summed E-state index contributed by atoms with van der Waals surface area (Å²) in [5.41, 5.74) is 0.642. The van der Waals surface area contributed by atoms with Gasteiger partial charge >= 0.3 is 0 Å². The van der Waals surface area contributed by atoms with Crippen molar-refractivity contribution >= 4 is 27.3 Å². The third kappa shape index (κ3) is 5.76. The van der Waals surface area contributed by atoms with Crippen molar-refractivity contribution in [1.82, 2.24) is 10.0 Å². The number of nitro groups is 1. The lowest BCUT2D eigenvalue weighted by Crippen LogP contribution is -2.30. The van der Waals surface area contributed by atoms with Crippen molar-refractivity contribution in [3.63, 3.8) is 0 Å². The first-order chi connectivity index (χ1) is 13.2. The van der Waals surface area contributed by atoms with Gasteiger partial charge in [0.1, 0.15) is 5.69 Å². The molecule has 0 aliphatic rings. The lowest BCUT2D eigenvalue weighted by molar-refractivity contribution is -0.384. The van der Waals surface area contributed by atoms with Gasteiger partial charge in [0.25, 0.3) is 11.6 Å². The van der Waals surface area contributed by atoms with Crippen molar-refractivity contribution in [2.45, 2.75) is 24.8 Å². The molecule has 0 unspecified atom stereocenters. The number of hydrogen-bond acceptors (Lipinski definition) is 6. The highest BCUT2D eigenvalue weighted by Crippen LogP contribution is 2.22. The molecule has 0 saturated heterocycles. The largest absolute Gasteiger partial charge is 0.378 e. The van der Waals surface area contributed by atoms with E-state index >= 15 is 0 Å². The van der Waals surface area contributed by atoms with Crippen LogP contribution in [0.4, 0.5) is 11.4 Å². The molecule has 0 aromatic heterocycles. The van der Waals surface area contributed by atoms with E-state index in [4.69, 9.17) is 0 Å². The Morgan fingerprint density at radius 2 is 1.71 bits per heavy atom. The minimum absolute atomic E-state index is 0.0411. The SMILES string of the molecule is CC(C)NS(=O)(=O)c1ccc(C(=O)NCCNc2ccccc2[N+](=O)[O-])cc1. The standard InChI is InChI=1S/C18H22N4O5S/c1-13(2)21-28(26,27)15-9-7-14(8-10-15)18(23)20-12-11-19-16-5-3-4-6-17(16)22(24)25/h3-10,13,19,21H,11-12H2,1-2H3,(H,20,23). The van der Waals surface area contributed by atoms with Gasteiger partial charge in [-0.25, -0.2) is 13.1 Å². The maximum Gasteiger partial charge on any atom is 0.292 e. The van der Waals surface area contributed by atoms with Gasteiger partial charge in [0.2, 0.25) is 10.0 Å². The Balaban J connectivity index is 1.89. The van der Waals surface area contributed by atoms with E-state index in [-0.39, 0.29) is 29.1 Å². The van der Waals surface area contributed by atoms with Crippen LogP contribution in [0, 0.1) is 10.1 Å². The molecule has 0 bridgehead atoms. The maximum absolute atomic E-state index is 12.2. The molecule has 2 aromatic carbocycles. The predicted molar refractivity (Wildman–Crippen MR) is 106 cm³/mol. The smallest absolute Gasteiger partial charge is 0.292 e. The summed E-state index contributed by atoms with van der Waals surface area (Å²) in [5, 5.41) is 16.5. The summed E-state index contributed by atoms with van der Waals surface area (Å²) in [6.45, 7) is 3.97. The number of para-hydroxylation sites is 2. The van der Waals surface area contributed by atoms with Crippen LogP contribution in [0.15, 0.2) is 53.4 Å². The minimum atomic E-state index is -3.61. The molecule has 9 nitrogen and oxygen atoms in total. The Morgan fingerprint density at radius 1 is 1.07 bits per heavy atom. The Morgan fingerprint density at radius 3 is 2.32 bits per heavy atom. The number of carbonyl (C=O) groups excluding carboxylic acids is 1. The maximum atomic E-state index is 12.2. The van der Waals surface area contributed by atoms with Crippen molar-refractivity contribution in [2.24, 2.45) is 0 Å². The summed E-state index contributed by atoms with van der Waals surface area (Å²) in [4.78, 5) is 22.7. The van der Waals surface area contributed by atoms with Gasteiger partial charge in [0, 0.05) is 30.8 Å². The zero-order valence-electron chi connectivity index (χ0n) is 15.5. The van der Waals surface area contributed by atoms with E-state index in [0.29, 0.717) is 17.8 Å². The fourth-order valence-corrected chi connectivity index (χ4v) is 3.67. The number of hydrogen-bond donors (Lipinski definition) is 3. The number of carbonyl (C=O) groups is 1. The second-order valence-corrected chi connectivity index (χ2v) is 7.97. The summed E-state index contributed by atoms with van der Waals surface area (Å²) in [6.07, 6.45) is 0. The van der Waals surface area contributed by atoms with Gasteiger partial charge in [-0.15, -0.1) is 0 Å². The molecule has 28 heavy (non-hydrogen) atoms. The van der Waals surface area contributed by atoms with E-state index in [9.17, 15) is 23.3 Å². The summed E-state index contributed by atoms with van der Waals surface area (Å²) in [5.74, 6) is -0.370. The van der Waals surface area contributed by atoms with E-state index in [1.54, 1.807) is 32.0 Å². The van der Waals surface area contributed by atoms with Gasteiger partial charge in [-0.3, -0.25) is 14.9 Å². The summed E-state index contributed by atoms with van der Waals surface area (Å²) >= 11 is 0. The number of rotatable bonds is 9. The summed E-state index contributed by atoms with van der Waals surface area (Å²) in [7, 11) is -3.61. The number of nitrogens with zero attached hydrogens (tertiary/aromatic N) is 1. The van der Waals surface area contributed by atoms with Crippen LogP contribution >= 0.6 is 0 Å². The molecule has 1 amide bonds. The highest BCUT2D eigenvalue weighted by molar-refractivity contribution is 7.89. The van der Waals surface area contributed by atoms with E-state index in [1.165, 1.54) is 30.3 Å². The van der Waals surface area contributed by atoms with Crippen LogP contribution in [0.5, 0.6) is 0 Å². The van der Waals surface area contributed by atoms with Crippen LogP contribution in [0.2, 0.25) is 0 Å². The van der Waals surface area contributed by atoms with E-state index in [0.717, 1.165) is 0 Å². The van der Waals surface area contributed by atoms with Gasteiger partial charge < -0.3 is 10.6 Å².